The molecule has 0 aliphatic rings. The number of rotatable bonds is 5. The van der Waals surface area contributed by atoms with E-state index in [-0.39, 0.29) is 0 Å². The molecule has 1 nitrogen and oxygen atoms in total. The van der Waals surface area contributed by atoms with Crippen molar-refractivity contribution in [2.75, 3.05) is 0 Å². The zero-order chi connectivity index (χ0) is 17.7. The maximum absolute atomic E-state index is 4.27. The highest BCUT2D eigenvalue weighted by Gasteiger charge is 2.45. The average molecular weight is 354 g/mol. The molecule has 0 fully saturated rings. The molecular formula is C24H21NP+. The summed E-state index contributed by atoms with van der Waals surface area (Å²) in [5.41, 5.74) is 1.37. The molecule has 26 heavy (non-hydrogen) atoms. The molecule has 4 aromatic rings. The van der Waals surface area contributed by atoms with Crippen LogP contribution in [0.2, 0.25) is 0 Å². The molecule has 1 aromatic heterocycles. The number of aromatic nitrogens is 1. The van der Waals surface area contributed by atoms with Crippen LogP contribution >= 0.6 is 7.26 Å². The lowest BCUT2D eigenvalue weighted by atomic mass is 10.2. The Balaban J connectivity index is 2.00. The van der Waals surface area contributed by atoms with Crippen molar-refractivity contribution in [3.8, 4) is 0 Å². The predicted molar refractivity (Wildman–Crippen MR) is 113 cm³/mol. The summed E-state index contributed by atoms with van der Waals surface area (Å²) in [4.78, 5) is 4.27. The van der Waals surface area contributed by atoms with E-state index in [9.17, 15) is 0 Å². The zero-order valence-electron chi connectivity index (χ0n) is 14.6. The summed E-state index contributed by atoms with van der Waals surface area (Å²) in [7, 11) is -1.82. The molecule has 2 heteroatoms. The fourth-order valence-corrected chi connectivity index (χ4v) is 7.75. The molecule has 3 aromatic carbocycles. The van der Waals surface area contributed by atoms with Gasteiger partial charge in [-0.2, -0.15) is 0 Å². The molecule has 0 amide bonds. The molecule has 0 atom stereocenters. The summed E-state index contributed by atoms with van der Waals surface area (Å²) < 4.78 is 0. The van der Waals surface area contributed by atoms with Crippen molar-refractivity contribution < 1.29 is 0 Å². The second-order valence-electron chi connectivity index (χ2n) is 6.33. The van der Waals surface area contributed by atoms with Crippen LogP contribution in [0.4, 0.5) is 0 Å². The molecule has 0 aliphatic heterocycles. The average Bonchev–Trinajstić information content (AvgIpc) is 2.75. The lowest BCUT2D eigenvalue weighted by Gasteiger charge is -2.27. The van der Waals surface area contributed by atoms with Crippen LogP contribution in [0.3, 0.4) is 0 Å². The Morgan fingerprint density at radius 1 is 0.500 bits per heavy atom. The highest BCUT2D eigenvalue weighted by atomic mass is 31.2. The van der Waals surface area contributed by atoms with Gasteiger partial charge in [-0.05, 0) is 42.0 Å². The van der Waals surface area contributed by atoms with Gasteiger partial charge < -0.3 is 0 Å². The summed E-state index contributed by atoms with van der Waals surface area (Å²) in [5, 5.41) is 4.18. The largest absolute Gasteiger partial charge is 0.264 e. The molecule has 0 saturated heterocycles. The highest BCUT2D eigenvalue weighted by molar-refractivity contribution is 7.95. The minimum Gasteiger partial charge on any atom is -0.264 e. The van der Waals surface area contributed by atoms with Gasteiger partial charge in [0, 0.05) is 12.4 Å². The first-order valence-electron chi connectivity index (χ1n) is 8.83. The van der Waals surface area contributed by atoms with Crippen molar-refractivity contribution in [1.82, 2.24) is 4.98 Å². The molecular weight excluding hydrogens is 333 g/mol. The van der Waals surface area contributed by atoms with Gasteiger partial charge in [0.2, 0.25) is 0 Å². The Labute approximate surface area is 155 Å². The van der Waals surface area contributed by atoms with E-state index in [4.69, 9.17) is 0 Å². The van der Waals surface area contributed by atoms with E-state index in [2.05, 4.69) is 108 Å². The standard InChI is InChI=1S/C24H21NP/c1-4-10-21(11-5-1)20-26(22-12-6-2-7-13-22,23-14-8-3-9-15-23)24-16-18-25-19-17-24/h1-19H,20H2/q+1. The van der Waals surface area contributed by atoms with Crippen LogP contribution in [-0.2, 0) is 6.16 Å². The van der Waals surface area contributed by atoms with Gasteiger partial charge in [0.15, 0.2) is 0 Å². The Bertz CT molecular complexity index is 842. The van der Waals surface area contributed by atoms with Gasteiger partial charge in [-0.3, -0.25) is 4.98 Å². The molecule has 0 bridgehead atoms. The van der Waals surface area contributed by atoms with Gasteiger partial charge in [-0.1, -0.05) is 66.7 Å². The summed E-state index contributed by atoms with van der Waals surface area (Å²) >= 11 is 0. The van der Waals surface area contributed by atoms with E-state index in [0.717, 1.165) is 6.16 Å². The minimum atomic E-state index is -1.82. The number of hydrogen-bond acceptors (Lipinski definition) is 1. The maximum atomic E-state index is 4.27. The van der Waals surface area contributed by atoms with Crippen LogP contribution in [0.5, 0.6) is 0 Å². The zero-order valence-corrected chi connectivity index (χ0v) is 15.5. The first-order valence-corrected chi connectivity index (χ1v) is 10.8. The molecule has 1 heterocycles. The van der Waals surface area contributed by atoms with E-state index >= 15 is 0 Å². The lowest BCUT2D eigenvalue weighted by Crippen LogP contribution is -2.32. The van der Waals surface area contributed by atoms with Crippen molar-refractivity contribution >= 4 is 23.2 Å². The van der Waals surface area contributed by atoms with Gasteiger partial charge >= 0.3 is 0 Å². The van der Waals surface area contributed by atoms with E-state index in [1.165, 1.54) is 21.5 Å². The molecule has 126 valence electrons. The molecule has 0 N–H and O–H groups in total. The van der Waals surface area contributed by atoms with Crippen molar-refractivity contribution in [2.45, 2.75) is 6.16 Å². The Morgan fingerprint density at radius 3 is 1.42 bits per heavy atom. The SMILES string of the molecule is c1ccc(C[P+](c2ccccc2)(c2ccccc2)c2ccncc2)cc1. The molecule has 0 unspecified atom stereocenters. The smallest absolute Gasteiger partial charge is 0.116 e. The summed E-state index contributed by atoms with van der Waals surface area (Å²) in [6.45, 7) is 0. The number of hydrogen-bond donors (Lipinski definition) is 0. The van der Waals surface area contributed by atoms with Gasteiger partial charge in [-0.25, -0.2) is 0 Å². The van der Waals surface area contributed by atoms with Crippen molar-refractivity contribution in [1.29, 1.82) is 0 Å². The van der Waals surface area contributed by atoms with Gasteiger partial charge in [-0.15, -0.1) is 0 Å². The second kappa shape index (κ2) is 7.64. The van der Waals surface area contributed by atoms with E-state index in [0.29, 0.717) is 0 Å². The minimum absolute atomic E-state index is 1.01. The van der Waals surface area contributed by atoms with Crippen molar-refractivity contribution in [3.05, 3.63) is 121 Å². The molecule has 0 radical (unpaired) electrons. The van der Waals surface area contributed by atoms with Gasteiger partial charge in [0.05, 0.1) is 6.16 Å². The fourth-order valence-electron chi connectivity index (χ4n) is 3.54. The van der Waals surface area contributed by atoms with Crippen LogP contribution in [0.15, 0.2) is 116 Å². The van der Waals surface area contributed by atoms with Crippen LogP contribution in [0.25, 0.3) is 0 Å². The second-order valence-corrected chi connectivity index (χ2v) is 9.81. The van der Waals surface area contributed by atoms with E-state index in [1.807, 2.05) is 12.4 Å². The van der Waals surface area contributed by atoms with Crippen LogP contribution in [0, 0.1) is 0 Å². The topological polar surface area (TPSA) is 12.9 Å². The number of pyridine rings is 1. The fraction of sp³-hybridized carbons (Fsp3) is 0.0417. The monoisotopic (exact) mass is 354 g/mol. The number of nitrogens with zero attached hydrogens (tertiary/aromatic N) is 1. The number of benzene rings is 3. The van der Waals surface area contributed by atoms with Gasteiger partial charge in [0.1, 0.15) is 23.2 Å². The van der Waals surface area contributed by atoms with Crippen LogP contribution in [0.1, 0.15) is 5.56 Å². The maximum Gasteiger partial charge on any atom is 0.116 e. The Morgan fingerprint density at radius 2 is 0.923 bits per heavy atom. The molecule has 4 rings (SSSR count). The lowest BCUT2D eigenvalue weighted by molar-refractivity contribution is 1.34. The third kappa shape index (κ3) is 3.19. The molecule has 0 aliphatic carbocycles. The summed E-state index contributed by atoms with van der Waals surface area (Å²) in [5.74, 6) is 0. The third-order valence-electron chi connectivity index (χ3n) is 4.76. The highest BCUT2D eigenvalue weighted by Crippen LogP contribution is 2.57. The first-order chi connectivity index (χ1) is 12.9. The van der Waals surface area contributed by atoms with Crippen molar-refractivity contribution in [3.63, 3.8) is 0 Å². The van der Waals surface area contributed by atoms with E-state index < -0.39 is 7.26 Å². The Hall–Kier alpha value is -2.76. The van der Waals surface area contributed by atoms with E-state index in [1.54, 1.807) is 0 Å². The first kappa shape index (κ1) is 16.7. The molecule has 0 spiro atoms. The summed E-state index contributed by atoms with van der Waals surface area (Å²) in [6.07, 6.45) is 4.84. The van der Waals surface area contributed by atoms with Crippen LogP contribution < -0.4 is 15.9 Å². The third-order valence-corrected chi connectivity index (χ3v) is 9.14. The van der Waals surface area contributed by atoms with Crippen LogP contribution in [-0.4, -0.2) is 4.98 Å². The normalized spacial score (nSPS) is 11.2. The van der Waals surface area contributed by atoms with Gasteiger partial charge in [0.25, 0.3) is 0 Å². The predicted octanol–water partition coefficient (Wildman–Crippen LogP) is 4.58. The van der Waals surface area contributed by atoms with Crippen molar-refractivity contribution in [2.24, 2.45) is 0 Å². The molecule has 0 saturated carbocycles. The quantitative estimate of drug-likeness (QED) is 0.478. The Kier molecular flexibility index (Phi) is 4.91. The summed E-state index contributed by atoms with van der Waals surface area (Å²) in [6, 6.07) is 37.1.